The van der Waals surface area contributed by atoms with E-state index in [9.17, 15) is 0 Å². The van der Waals surface area contributed by atoms with Crippen LogP contribution in [-0.4, -0.2) is 27.0 Å². The first kappa shape index (κ1) is 29.4. The average Bonchev–Trinajstić information content (AvgIpc) is 1.81. The van der Waals surface area contributed by atoms with Crippen LogP contribution < -0.4 is 0 Å². The standard InChI is InChI=1S/C2H6O.3NO3.Nd/c1-2-3;3*2-1(3)4;/h3H,2H2,1H3;;;;/q;3*-1;+3. The van der Waals surface area contributed by atoms with Crippen LogP contribution >= 0.6 is 0 Å². The predicted molar refractivity (Wildman–Crippen MR) is 43.8 cm³/mol. The molecule has 0 aromatic carbocycles. The summed E-state index contributed by atoms with van der Waals surface area (Å²) in [4.78, 5) is 24.8. The Kier molecular flexibility index (Phi) is 53.6. The molecule has 16 heavy (non-hydrogen) atoms. The zero-order valence-electron chi connectivity index (χ0n) is 7.67. The third-order valence-electron chi connectivity index (χ3n) is 0. The van der Waals surface area contributed by atoms with Gasteiger partial charge in [-0.25, -0.2) is 0 Å². The van der Waals surface area contributed by atoms with E-state index in [4.69, 9.17) is 51.1 Å². The van der Waals surface area contributed by atoms with Crippen molar-refractivity contribution in [3.63, 3.8) is 0 Å². The van der Waals surface area contributed by atoms with Gasteiger partial charge in [-0.2, -0.15) is 0 Å². The van der Waals surface area contributed by atoms with E-state index in [2.05, 4.69) is 0 Å². The molecule has 0 saturated carbocycles. The molecule has 1 N–H and O–H groups in total. The maximum Gasteiger partial charge on any atom is 3.00 e. The Balaban J connectivity index is -0.0000000331. The van der Waals surface area contributed by atoms with E-state index in [1.54, 1.807) is 6.92 Å². The zero-order valence-corrected chi connectivity index (χ0v) is 10.9. The molecule has 1 radical (unpaired) electrons. The van der Waals surface area contributed by atoms with Crippen molar-refractivity contribution in [1.82, 2.24) is 0 Å². The molecule has 0 aromatic rings. The van der Waals surface area contributed by atoms with Crippen molar-refractivity contribution < 1.29 is 61.2 Å². The van der Waals surface area contributed by atoms with Gasteiger partial charge in [0.2, 0.25) is 0 Å². The molecule has 0 aliphatic carbocycles. The monoisotopic (exact) mass is 374 g/mol. The van der Waals surface area contributed by atoms with E-state index in [-0.39, 0.29) is 47.4 Å². The summed E-state index contributed by atoms with van der Waals surface area (Å²) in [5.41, 5.74) is 0. The Morgan fingerprint density at radius 2 is 0.812 bits per heavy atom. The Hall–Kier alpha value is -1.09. The summed E-state index contributed by atoms with van der Waals surface area (Å²) < 4.78 is 0. The fraction of sp³-hybridized carbons (Fsp3) is 1.00. The van der Waals surface area contributed by atoms with Gasteiger partial charge in [0, 0.05) is 6.61 Å². The fourth-order valence-corrected chi connectivity index (χ4v) is 0. The minimum absolute atomic E-state index is 0. The molecule has 0 aromatic heterocycles. The summed E-state index contributed by atoms with van der Waals surface area (Å²) in [6.45, 7) is 1.93. The first-order valence-electron chi connectivity index (χ1n) is 2.67. The number of rotatable bonds is 0. The van der Waals surface area contributed by atoms with Crippen LogP contribution in [0.1, 0.15) is 6.92 Å². The molecule has 0 bridgehead atoms. The zero-order chi connectivity index (χ0) is 13.4. The van der Waals surface area contributed by atoms with Gasteiger partial charge in [-0.05, 0) is 6.92 Å². The minimum Gasteiger partial charge on any atom is -0.397 e. The summed E-state index contributed by atoms with van der Waals surface area (Å²) >= 11 is 0. The van der Waals surface area contributed by atoms with Crippen molar-refractivity contribution in [2.24, 2.45) is 0 Å². The smallest absolute Gasteiger partial charge is 0.397 e. The molecule has 13 nitrogen and oxygen atoms in total. The molecular weight excluding hydrogens is 370 g/mol. The van der Waals surface area contributed by atoms with Crippen molar-refractivity contribution in [3.8, 4) is 0 Å². The van der Waals surface area contributed by atoms with Crippen LogP contribution in [0, 0.1) is 86.8 Å². The van der Waals surface area contributed by atoms with E-state index >= 15 is 0 Å². The quantitative estimate of drug-likeness (QED) is 0.412. The number of hydrogen-bond acceptors (Lipinski definition) is 10. The van der Waals surface area contributed by atoms with Crippen molar-refractivity contribution in [3.05, 3.63) is 46.0 Å². The number of aliphatic hydroxyl groups is 1. The third-order valence-corrected chi connectivity index (χ3v) is 0. The molecule has 0 aliphatic heterocycles. The molecule has 0 aliphatic rings. The van der Waals surface area contributed by atoms with E-state index < -0.39 is 15.3 Å². The summed E-state index contributed by atoms with van der Waals surface area (Å²) in [5, 5.41) is 51.8. The molecular formula is C2H6N3NdO10. The first-order chi connectivity index (χ1) is 6.61. The van der Waals surface area contributed by atoms with Crippen LogP contribution in [0.15, 0.2) is 0 Å². The van der Waals surface area contributed by atoms with Gasteiger partial charge in [-0.1, -0.05) is 0 Å². The fourth-order valence-electron chi connectivity index (χ4n) is 0. The van der Waals surface area contributed by atoms with Crippen molar-refractivity contribution in [2.75, 3.05) is 6.61 Å². The number of nitrogens with zero attached hydrogens (tertiary/aromatic N) is 3. The van der Waals surface area contributed by atoms with Crippen molar-refractivity contribution in [1.29, 1.82) is 0 Å². The normalized spacial score (nSPS) is 5.62. The molecule has 14 heteroatoms. The molecule has 0 heterocycles. The second kappa shape index (κ2) is 29.2. The number of hydrogen-bond donors (Lipinski definition) is 1. The van der Waals surface area contributed by atoms with Crippen LogP contribution in [0.25, 0.3) is 0 Å². The van der Waals surface area contributed by atoms with E-state index in [1.165, 1.54) is 0 Å². The molecule has 0 amide bonds. The molecule has 0 spiro atoms. The van der Waals surface area contributed by atoms with Crippen LogP contribution in [0.2, 0.25) is 0 Å². The Labute approximate surface area is 120 Å². The summed E-state index contributed by atoms with van der Waals surface area (Å²) in [5.74, 6) is 0. The Morgan fingerprint density at radius 1 is 0.812 bits per heavy atom. The Morgan fingerprint density at radius 3 is 0.812 bits per heavy atom. The van der Waals surface area contributed by atoms with Crippen LogP contribution in [0.5, 0.6) is 0 Å². The van der Waals surface area contributed by atoms with Gasteiger partial charge >= 0.3 is 40.8 Å². The van der Waals surface area contributed by atoms with Gasteiger partial charge in [0.05, 0.1) is 15.3 Å². The van der Waals surface area contributed by atoms with Gasteiger partial charge < -0.3 is 51.1 Å². The molecule has 0 rings (SSSR count). The van der Waals surface area contributed by atoms with Crippen LogP contribution in [-0.2, 0) is 0 Å². The van der Waals surface area contributed by atoms with Gasteiger partial charge in [0.25, 0.3) is 0 Å². The molecule has 93 valence electrons. The summed E-state index contributed by atoms with van der Waals surface area (Å²) in [6.07, 6.45) is 0. The topological polar surface area (TPSA) is 219 Å². The van der Waals surface area contributed by atoms with Crippen molar-refractivity contribution >= 4 is 0 Å². The second-order valence-corrected chi connectivity index (χ2v) is 0.987. The maximum absolute atomic E-state index is 8.25. The van der Waals surface area contributed by atoms with E-state index in [0.717, 1.165) is 0 Å². The molecule has 0 unspecified atom stereocenters. The van der Waals surface area contributed by atoms with Crippen LogP contribution in [0.3, 0.4) is 0 Å². The van der Waals surface area contributed by atoms with Crippen LogP contribution in [0.4, 0.5) is 0 Å². The predicted octanol–water partition coefficient (Wildman–Crippen LogP) is -0.719. The van der Waals surface area contributed by atoms with Gasteiger partial charge in [-0.3, -0.25) is 0 Å². The SMILES string of the molecule is CCO.O=[N+]([O-])[O-].O=[N+]([O-])[O-].O=[N+]([O-])[O-].[Nd+3]. The molecule has 0 saturated heterocycles. The molecule has 0 fully saturated rings. The maximum atomic E-state index is 8.25. The average molecular weight is 376 g/mol. The second-order valence-electron chi connectivity index (χ2n) is 0.987. The van der Waals surface area contributed by atoms with E-state index in [0.29, 0.717) is 0 Å². The Bertz CT molecular complexity index is 133. The van der Waals surface area contributed by atoms with Gasteiger partial charge in [0.1, 0.15) is 0 Å². The molecule has 0 atom stereocenters. The summed E-state index contributed by atoms with van der Waals surface area (Å²) in [7, 11) is 0. The minimum atomic E-state index is -1.75. The first-order valence-corrected chi connectivity index (χ1v) is 2.67. The summed E-state index contributed by atoms with van der Waals surface area (Å²) in [6, 6.07) is 0. The third kappa shape index (κ3) is 1540. The largest absolute Gasteiger partial charge is 3.00 e. The van der Waals surface area contributed by atoms with E-state index in [1.807, 2.05) is 0 Å². The number of aliphatic hydroxyl groups excluding tert-OH is 1. The van der Waals surface area contributed by atoms with Crippen molar-refractivity contribution in [2.45, 2.75) is 6.92 Å². The van der Waals surface area contributed by atoms with Gasteiger partial charge in [-0.15, -0.1) is 0 Å². The van der Waals surface area contributed by atoms with Gasteiger partial charge in [0.15, 0.2) is 0 Å².